The number of nitrogens with zero attached hydrogens (tertiary/aromatic N) is 1. The maximum atomic E-state index is 12.2. The first-order chi connectivity index (χ1) is 8.38. The highest BCUT2D eigenvalue weighted by Gasteiger charge is 2.29. The van der Waals surface area contributed by atoms with Crippen molar-refractivity contribution >= 4 is 21.8 Å². The Labute approximate surface area is 121 Å². The van der Waals surface area contributed by atoms with E-state index in [2.05, 4.69) is 48.5 Å². The highest BCUT2D eigenvalue weighted by molar-refractivity contribution is 9.09. The third-order valence-corrected chi connectivity index (χ3v) is 5.14. The molecule has 18 heavy (non-hydrogen) atoms. The van der Waals surface area contributed by atoms with E-state index in [4.69, 9.17) is 0 Å². The minimum Gasteiger partial charge on any atom is -0.342 e. The Hall–Kier alpha value is -0.0500. The van der Waals surface area contributed by atoms with Crippen LogP contribution in [0.5, 0.6) is 0 Å². The van der Waals surface area contributed by atoms with Gasteiger partial charge in [0.15, 0.2) is 0 Å². The lowest BCUT2D eigenvalue weighted by molar-refractivity contribution is -0.131. The van der Waals surface area contributed by atoms with Crippen LogP contribution in [-0.2, 0) is 4.79 Å². The molecule has 1 amide bonds. The second-order valence-electron chi connectivity index (χ2n) is 6.66. The summed E-state index contributed by atoms with van der Waals surface area (Å²) in [6, 6.07) is 0. The monoisotopic (exact) mass is 317 g/mol. The number of carbonyl (C=O) groups excluding carboxylic acids is 1. The van der Waals surface area contributed by atoms with Crippen molar-refractivity contribution in [2.75, 3.05) is 18.4 Å². The van der Waals surface area contributed by atoms with Crippen LogP contribution in [-0.4, -0.2) is 29.2 Å². The molecular weight excluding hydrogens is 290 g/mol. The Morgan fingerprint density at radius 2 is 2.06 bits per heavy atom. The summed E-state index contributed by atoms with van der Waals surface area (Å²) in [7, 11) is 0. The van der Waals surface area contributed by atoms with Crippen LogP contribution < -0.4 is 0 Å². The first-order valence-electron chi connectivity index (χ1n) is 7.22. The van der Waals surface area contributed by atoms with Gasteiger partial charge in [0.2, 0.25) is 5.91 Å². The zero-order valence-corrected chi connectivity index (χ0v) is 13.9. The maximum absolute atomic E-state index is 12.2. The molecule has 0 saturated carbocycles. The highest BCUT2D eigenvalue weighted by Crippen LogP contribution is 2.30. The fourth-order valence-corrected chi connectivity index (χ4v) is 3.69. The molecule has 0 aromatic rings. The quantitative estimate of drug-likeness (QED) is 0.715. The summed E-state index contributed by atoms with van der Waals surface area (Å²) in [5, 5.41) is 0.970. The number of likely N-dealkylation sites (tertiary alicyclic amines) is 1. The van der Waals surface area contributed by atoms with Gasteiger partial charge in [-0.1, -0.05) is 50.0 Å². The van der Waals surface area contributed by atoms with Crippen molar-refractivity contribution in [1.82, 2.24) is 4.90 Å². The number of hydrogen-bond acceptors (Lipinski definition) is 1. The van der Waals surface area contributed by atoms with Crippen molar-refractivity contribution in [3.63, 3.8) is 0 Å². The van der Waals surface area contributed by atoms with Gasteiger partial charge in [0.1, 0.15) is 0 Å². The summed E-state index contributed by atoms with van der Waals surface area (Å²) < 4.78 is 0. The van der Waals surface area contributed by atoms with Gasteiger partial charge in [0, 0.05) is 24.8 Å². The smallest absolute Gasteiger partial charge is 0.222 e. The van der Waals surface area contributed by atoms with Crippen LogP contribution in [0.1, 0.15) is 53.4 Å². The van der Waals surface area contributed by atoms with Crippen LogP contribution >= 0.6 is 15.9 Å². The van der Waals surface area contributed by atoms with Gasteiger partial charge < -0.3 is 4.90 Å². The zero-order chi connectivity index (χ0) is 13.8. The van der Waals surface area contributed by atoms with Gasteiger partial charge in [-0.05, 0) is 30.1 Å². The number of amides is 1. The molecule has 1 rings (SSSR count). The van der Waals surface area contributed by atoms with Gasteiger partial charge in [-0.3, -0.25) is 4.79 Å². The van der Waals surface area contributed by atoms with E-state index in [9.17, 15) is 4.79 Å². The fraction of sp³-hybridized carbons (Fsp3) is 0.933. The van der Waals surface area contributed by atoms with Crippen molar-refractivity contribution in [2.45, 2.75) is 53.4 Å². The Morgan fingerprint density at radius 3 is 2.56 bits per heavy atom. The normalized spacial score (nSPS) is 23.9. The first-order valence-corrected chi connectivity index (χ1v) is 8.34. The van der Waals surface area contributed by atoms with Gasteiger partial charge >= 0.3 is 0 Å². The molecule has 0 spiro atoms. The van der Waals surface area contributed by atoms with Crippen LogP contribution in [0.25, 0.3) is 0 Å². The predicted octanol–water partition coefficient (Wildman–Crippen LogP) is 4.08. The molecule has 106 valence electrons. The molecule has 0 radical (unpaired) electrons. The van der Waals surface area contributed by atoms with E-state index in [0.29, 0.717) is 11.8 Å². The Morgan fingerprint density at radius 1 is 1.39 bits per heavy atom. The third kappa shape index (κ3) is 4.56. The van der Waals surface area contributed by atoms with Crippen LogP contribution in [0.4, 0.5) is 0 Å². The van der Waals surface area contributed by atoms with Crippen molar-refractivity contribution in [3.05, 3.63) is 0 Å². The number of halogens is 1. The van der Waals surface area contributed by atoms with Crippen LogP contribution in [0.15, 0.2) is 0 Å². The van der Waals surface area contributed by atoms with E-state index < -0.39 is 0 Å². The van der Waals surface area contributed by atoms with E-state index in [-0.39, 0.29) is 5.41 Å². The molecule has 2 atom stereocenters. The highest BCUT2D eigenvalue weighted by atomic mass is 79.9. The molecule has 2 unspecified atom stereocenters. The van der Waals surface area contributed by atoms with E-state index in [1.807, 2.05) is 0 Å². The summed E-state index contributed by atoms with van der Waals surface area (Å²) in [6.07, 6.45) is 4.22. The van der Waals surface area contributed by atoms with Crippen LogP contribution in [0, 0.1) is 17.3 Å². The lowest BCUT2D eigenvalue weighted by Gasteiger charge is -2.34. The summed E-state index contributed by atoms with van der Waals surface area (Å²) in [5.74, 6) is 1.64. The standard InChI is InChI=1S/C15H28BrNO/c1-5-12-6-7-14(18)17(9-8-12)11-13(10-16)15(2,3)4/h12-13H,5-11H2,1-4H3. The van der Waals surface area contributed by atoms with E-state index in [1.165, 1.54) is 12.8 Å². The predicted molar refractivity (Wildman–Crippen MR) is 81.0 cm³/mol. The Balaban J connectivity index is 2.62. The lowest BCUT2D eigenvalue weighted by atomic mass is 9.81. The van der Waals surface area contributed by atoms with Crippen LogP contribution in [0.2, 0.25) is 0 Å². The zero-order valence-electron chi connectivity index (χ0n) is 12.3. The summed E-state index contributed by atoms with van der Waals surface area (Å²) in [5.41, 5.74) is 0.250. The molecule has 3 heteroatoms. The summed E-state index contributed by atoms with van der Waals surface area (Å²) in [6.45, 7) is 10.9. The first kappa shape index (κ1) is 16.0. The van der Waals surface area contributed by atoms with Crippen LogP contribution in [0.3, 0.4) is 0 Å². The molecule has 0 bridgehead atoms. The van der Waals surface area contributed by atoms with E-state index >= 15 is 0 Å². The second kappa shape index (κ2) is 6.93. The average Bonchev–Trinajstić information content (AvgIpc) is 2.47. The number of carbonyl (C=O) groups is 1. The number of alkyl halides is 1. The molecule has 1 heterocycles. The van der Waals surface area contributed by atoms with Gasteiger partial charge in [0.05, 0.1) is 0 Å². The van der Waals surface area contributed by atoms with E-state index in [0.717, 1.165) is 37.2 Å². The molecular formula is C15H28BrNO. The van der Waals surface area contributed by atoms with Crippen molar-refractivity contribution in [2.24, 2.45) is 17.3 Å². The minimum absolute atomic E-state index is 0.250. The topological polar surface area (TPSA) is 20.3 Å². The largest absolute Gasteiger partial charge is 0.342 e. The van der Waals surface area contributed by atoms with Gasteiger partial charge in [-0.2, -0.15) is 0 Å². The van der Waals surface area contributed by atoms with Gasteiger partial charge in [-0.15, -0.1) is 0 Å². The second-order valence-corrected chi connectivity index (χ2v) is 7.31. The van der Waals surface area contributed by atoms with Crippen molar-refractivity contribution in [1.29, 1.82) is 0 Å². The maximum Gasteiger partial charge on any atom is 0.222 e. The number of rotatable bonds is 4. The SMILES string of the molecule is CCC1CCC(=O)N(CC(CBr)C(C)(C)C)CC1. The molecule has 0 aliphatic carbocycles. The summed E-state index contributed by atoms with van der Waals surface area (Å²) >= 11 is 3.61. The number of hydrogen-bond donors (Lipinski definition) is 0. The summed E-state index contributed by atoms with van der Waals surface area (Å²) in [4.78, 5) is 14.3. The molecule has 1 aliphatic heterocycles. The third-order valence-electron chi connectivity index (χ3n) is 4.36. The average molecular weight is 318 g/mol. The fourth-order valence-electron chi connectivity index (χ4n) is 2.51. The molecule has 2 nitrogen and oxygen atoms in total. The molecule has 1 saturated heterocycles. The minimum atomic E-state index is 0.250. The van der Waals surface area contributed by atoms with Gasteiger partial charge in [0.25, 0.3) is 0 Å². The molecule has 1 fully saturated rings. The molecule has 0 N–H and O–H groups in total. The molecule has 0 aromatic carbocycles. The Kier molecular flexibility index (Phi) is 6.16. The molecule has 0 aromatic heterocycles. The molecule has 1 aliphatic rings. The lowest BCUT2D eigenvalue weighted by Crippen LogP contribution is -2.39. The Bertz CT molecular complexity index is 272. The van der Waals surface area contributed by atoms with Gasteiger partial charge in [-0.25, -0.2) is 0 Å². The van der Waals surface area contributed by atoms with E-state index in [1.54, 1.807) is 0 Å². The van der Waals surface area contributed by atoms with Crippen molar-refractivity contribution in [3.8, 4) is 0 Å². The van der Waals surface area contributed by atoms with Crippen molar-refractivity contribution < 1.29 is 4.79 Å².